The molecule has 3 heterocycles. The van der Waals surface area contributed by atoms with Crippen molar-refractivity contribution >= 4 is 89.8 Å². The van der Waals surface area contributed by atoms with Gasteiger partial charge in [-0.1, -0.05) is 308 Å². The fourth-order valence-electron chi connectivity index (χ4n) is 16.3. The Bertz CT molecular complexity index is 5630. The highest BCUT2D eigenvalue weighted by Gasteiger charge is 2.46. The topological polar surface area (TPSA) is 11.4 Å². The Morgan fingerprint density at radius 2 is 0.686 bits per heavy atom. The van der Waals surface area contributed by atoms with Crippen LogP contribution < -0.4 is 26.2 Å². The SMILES string of the molecule is CC(C)(C)c1ccc(-c2cc3c4c(c2)N(c2c(-c5ccccc5)cc(C(C)(C)C)cc2-c2ccccc2)c2ccc(-n5c6ccc(C(C)(C)C)cc6c6cc(C(C)(C)C)ccc65)cc2B4c2cc(-c4ccccc4)c(-c4ccccc4)cc2N3c2ccc3ccccc3c2-c2ccccc2)cc1. The van der Waals surface area contributed by atoms with Gasteiger partial charge in [-0.25, -0.2) is 0 Å². The van der Waals surface area contributed by atoms with Crippen molar-refractivity contribution in [2.45, 2.75) is 105 Å². The number of fused-ring (bicyclic) bond motifs is 8. The molecule has 0 N–H and O–H groups in total. The first kappa shape index (κ1) is 64.2. The Kier molecular flexibility index (Phi) is 15.3. The summed E-state index contributed by atoms with van der Waals surface area (Å²) in [5.74, 6) is 0. The van der Waals surface area contributed by atoms with Crippen LogP contribution in [0.5, 0.6) is 0 Å². The van der Waals surface area contributed by atoms with Gasteiger partial charge in [-0.15, -0.1) is 0 Å². The van der Waals surface area contributed by atoms with Crippen molar-refractivity contribution in [2.24, 2.45) is 0 Å². The second-order valence-electron chi connectivity index (χ2n) is 32.5. The first-order chi connectivity index (χ1) is 49.1. The molecule has 1 aromatic heterocycles. The Labute approximate surface area is 603 Å². The quantitative estimate of drug-likeness (QED) is 0.133. The lowest BCUT2D eigenvalue weighted by Gasteiger charge is -2.46. The predicted octanol–water partition coefficient (Wildman–Crippen LogP) is 25.2. The molecular formula is C98H86BN3. The van der Waals surface area contributed by atoms with E-state index in [1.54, 1.807) is 0 Å². The van der Waals surface area contributed by atoms with Crippen LogP contribution in [0, 0.1) is 0 Å². The van der Waals surface area contributed by atoms with Crippen molar-refractivity contribution in [2.75, 3.05) is 9.80 Å². The summed E-state index contributed by atoms with van der Waals surface area (Å²) in [4.78, 5) is 5.40. The van der Waals surface area contributed by atoms with Gasteiger partial charge in [-0.3, -0.25) is 0 Å². The molecule has 0 radical (unpaired) electrons. The minimum atomic E-state index is -0.292. The maximum absolute atomic E-state index is 2.72. The first-order valence-electron chi connectivity index (χ1n) is 36.4. The van der Waals surface area contributed by atoms with E-state index >= 15 is 0 Å². The third kappa shape index (κ3) is 11.0. The van der Waals surface area contributed by atoms with Gasteiger partial charge in [0.05, 0.1) is 22.4 Å². The maximum Gasteiger partial charge on any atom is 0.252 e. The van der Waals surface area contributed by atoms with Crippen molar-refractivity contribution in [3.05, 3.63) is 326 Å². The first-order valence-corrected chi connectivity index (χ1v) is 36.4. The maximum atomic E-state index is 2.72. The van der Waals surface area contributed by atoms with Crippen molar-refractivity contribution in [1.29, 1.82) is 0 Å². The molecule has 0 saturated carbocycles. The lowest BCUT2D eigenvalue weighted by molar-refractivity contribution is 0.590. The van der Waals surface area contributed by atoms with Gasteiger partial charge in [0.25, 0.3) is 6.71 Å². The molecule has 0 saturated heterocycles. The Morgan fingerprint density at radius 1 is 0.255 bits per heavy atom. The van der Waals surface area contributed by atoms with E-state index in [4.69, 9.17) is 0 Å². The van der Waals surface area contributed by atoms with Crippen LogP contribution in [0.4, 0.5) is 34.1 Å². The summed E-state index contributed by atoms with van der Waals surface area (Å²) in [7, 11) is 0. The van der Waals surface area contributed by atoms with E-state index in [0.29, 0.717) is 0 Å². The van der Waals surface area contributed by atoms with Crippen LogP contribution >= 0.6 is 0 Å². The summed E-state index contributed by atoms with van der Waals surface area (Å²) in [6.45, 7) is 27.7. The number of benzene rings is 14. The number of aromatic nitrogens is 1. The predicted molar refractivity (Wildman–Crippen MR) is 440 cm³/mol. The van der Waals surface area contributed by atoms with E-state index in [1.165, 1.54) is 105 Å². The molecule has 17 rings (SSSR count). The van der Waals surface area contributed by atoms with Crippen LogP contribution in [0.15, 0.2) is 303 Å². The van der Waals surface area contributed by atoms with Crippen LogP contribution in [-0.2, 0) is 21.7 Å². The normalized spacial score (nSPS) is 13.0. The lowest BCUT2D eigenvalue weighted by atomic mass is 9.33. The van der Waals surface area contributed by atoms with Crippen LogP contribution in [0.25, 0.3) is 105 Å². The largest absolute Gasteiger partial charge is 0.311 e. The third-order valence-electron chi connectivity index (χ3n) is 21.8. The molecule has 15 aromatic rings. The Hall–Kier alpha value is -11.2. The second-order valence-corrected chi connectivity index (χ2v) is 32.5. The number of hydrogen-bond donors (Lipinski definition) is 0. The molecule has 14 aromatic carbocycles. The van der Waals surface area contributed by atoms with Gasteiger partial charge in [0.15, 0.2) is 0 Å². The summed E-state index contributed by atoms with van der Waals surface area (Å²) < 4.78 is 2.57. The highest BCUT2D eigenvalue weighted by molar-refractivity contribution is 7.00. The number of anilines is 6. The molecule has 0 spiro atoms. The molecule has 0 aliphatic carbocycles. The minimum Gasteiger partial charge on any atom is -0.311 e. The molecule has 2 aliphatic rings. The summed E-state index contributed by atoms with van der Waals surface area (Å²) in [6, 6.07) is 116. The lowest BCUT2D eigenvalue weighted by Crippen LogP contribution is -2.61. The van der Waals surface area contributed by atoms with E-state index in [9.17, 15) is 0 Å². The van der Waals surface area contributed by atoms with Gasteiger partial charge < -0.3 is 14.4 Å². The number of nitrogens with zero attached hydrogens (tertiary/aromatic N) is 3. The van der Waals surface area contributed by atoms with Crippen LogP contribution in [0.2, 0.25) is 0 Å². The number of hydrogen-bond acceptors (Lipinski definition) is 2. The van der Waals surface area contributed by atoms with E-state index in [-0.39, 0.29) is 28.4 Å². The van der Waals surface area contributed by atoms with Crippen LogP contribution in [0.3, 0.4) is 0 Å². The molecule has 2 aliphatic heterocycles. The molecule has 4 heteroatoms. The fourth-order valence-corrected chi connectivity index (χ4v) is 16.3. The van der Waals surface area contributed by atoms with Crippen LogP contribution in [-0.4, -0.2) is 11.3 Å². The number of rotatable bonds is 9. The zero-order valence-corrected chi connectivity index (χ0v) is 60.8. The minimum absolute atomic E-state index is 0.0443. The van der Waals surface area contributed by atoms with E-state index in [1.807, 2.05) is 0 Å². The van der Waals surface area contributed by atoms with Gasteiger partial charge in [0, 0.05) is 55.9 Å². The van der Waals surface area contributed by atoms with Crippen LogP contribution in [0.1, 0.15) is 105 Å². The van der Waals surface area contributed by atoms with Gasteiger partial charge in [0.1, 0.15) is 0 Å². The van der Waals surface area contributed by atoms with Crippen molar-refractivity contribution in [3.63, 3.8) is 0 Å². The molecule has 0 bridgehead atoms. The Morgan fingerprint density at radius 3 is 1.20 bits per heavy atom. The average Bonchev–Trinajstić information content (AvgIpc) is 0.695. The van der Waals surface area contributed by atoms with Gasteiger partial charge in [0.2, 0.25) is 0 Å². The zero-order valence-electron chi connectivity index (χ0n) is 60.8. The van der Waals surface area contributed by atoms with E-state index < -0.39 is 0 Å². The van der Waals surface area contributed by atoms with Gasteiger partial charge in [-0.05, 0) is 200 Å². The third-order valence-corrected chi connectivity index (χ3v) is 21.8. The average molecular weight is 1320 g/mol. The molecule has 0 fully saturated rings. The second kappa shape index (κ2) is 24.3. The fraction of sp³-hybridized carbons (Fsp3) is 0.163. The molecule has 496 valence electrons. The smallest absolute Gasteiger partial charge is 0.252 e. The summed E-state index contributed by atoms with van der Waals surface area (Å²) >= 11 is 0. The zero-order chi connectivity index (χ0) is 70.1. The standard InChI is InChI=1S/C98H86BN3/c1-95(2,3)71-45-42-63(43-46-71)70-54-90-93-91(55-70)102(94-79(66-34-22-15-23-35-66)58-74(98(10,11)12)59-80(94)67-36-24-16-25-37-67)87-53-49-75(100-85-51-47-72(96(4,5)6)56-81(85)82-57-73(97(7,8)9)48-52-86(82)100)60-83(87)99(93)84-61-77(64-30-18-13-19-31-64)78(65-32-20-14-21-33-65)62-89(84)101(90)88-50-44-68-38-28-29-41-76(68)92(88)69-39-26-17-27-40-69/h13-62H,1-12H3. The van der Waals surface area contributed by atoms with Crippen molar-refractivity contribution in [3.8, 4) is 72.4 Å². The molecule has 0 unspecified atom stereocenters. The summed E-state index contributed by atoms with van der Waals surface area (Å²) in [5.41, 5.74) is 32.8. The van der Waals surface area contributed by atoms with E-state index in [2.05, 4.69) is 401 Å². The monoisotopic (exact) mass is 1320 g/mol. The summed E-state index contributed by atoms with van der Waals surface area (Å²) in [6.07, 6.45) is 0. The Balaban J connectivity index is 1.08. The molecule has 102 heavy (non-hydrogen) atoms. The van der Waals surface area contributed by atoms with Gasteiger partial charge in [-0.2, -0.15) is 0 Å². The van der Waals surface area contributed by atoms with E-state index in [0.717, 1.165) is 73.2 Å². The van der Waals surface area contributed by atoms with Crippen molar-refractivity contribution in [1.82, 2.24) is 4.57 Å². The highest BCUT2D eigenvalue weighted by Crippen LogP contribution is 2.55. The summed E-state index contributed by atoms with van der Waals surface area (Å²) in [5, 5.41) is 4.92. The molecule has 3 nitrogen and oxygen atoms in total. The highest BCUT2D eigenvalue weighted by atomic mass is 15.2. The molecule has 0 amide bonds. The molecular weight excluding hydrogens is 1230 g/mol. The van der Waals surface area contributed by atoms with Crippen molar-refractivity contribution < 1.29 is 0 Å². The molecule has 0 atom stereocenters. The van der Waals surface area contributed by atoms with Gasteiger partial charge >= 0.3 is 0 Å².